The van der Waals surface area contributed by atoms with Gasteiger partial charge in [0.05, 0.1) is 21.7 Å². The summed E-state index contributed by atoms with van der Waals surface area (Å²) in [6.45, 7) is 5.09. The third kappa shape index (κ3) is 5.41. The topological polar surface area (TPSA) is 84.1 Å². The largest absolute Gasteiger partial charge is 0.459 e. The van der Waals surface area contributed by atoms with Gasteiger partial charge in [-0.25, -0.2) is 4.98 Å². The lowest BCUT2D eigenvalue weighted by molar-refractivity contribution is -0.153. The number of benzene rings is 2. The lowest BCUT2D eigenvalue weighted by Crippen LogP contribution is -2.34. The van der Waals surface area contributed by atoms with E-state index in [1.165, 1.54) is 0 Å². The number of pyridine rings is 1. The molecule has 0 aliphatic heterocycles. The van der Waals surface area contributed by atoms with Crippen LogP contribution in [0.5, 0.6) is 0 Å². The van der Waals surface area contributed by atoms with E-state index in [1.807, 2.05) is 42.5 Å². The van der Waals surface area contributed by atoms with Crippen molar-refractivity contribution in [3.8, 4) is 22.4 Å². The summed E-state index contributed by atoms with van der Waals surface area (Å²) in [5.74, 6) is -0.932. The molecule has 6 nitrogen and oxygen atoms in total. The van der Waals surface area contributed by atoms with E-state index in [0.717, 1.165) is 16.7 Å². The van der Waals surface area contributed by atoms with Crippen LogP contribution in [0.1, 0.15) is 31.3 Å². The van der Waals surface area contributed by atoms with Crippen LogP contribution in [0.2, 0.25) is 5.02 Å². The smallest absolute Gasteiger partial charge is 0.325 e. The minimum Gasteiger partial charge on any atom is -0.459 e. The number of nitrogens with one attached hydrogen (secondary N) is 2. The Morgan fingerprint density at radius 2 is 1.61 bits per heavy atom. The molecule has 0 spiro atoms. The average molecular weight is 462 g/mol. The summed E-state index contributed by atoms with van der Waals surface area (Å²) in [5.41, 5.74) is 4.64. The van der Waals surface area contributed by atoms with Crippen molar-refractivity contribution in [2.24, 2.45) is 0 Å². The Morgan fingerprint density at radius 3 is 2.27 bits per heavy atom. The molecule has 0 radical (unpaired) electrons. The van der Waals surface area contributed by atoms with E-state index >= 15 is 0 Å². The van der Waals surface area contributed by atoms with Gasteiger partial charge in [-0.15, -0.1) is 0 Å². The molecule has 2 N–H and O–H groups in total. The number of carbonyl (C=O) groups excluding carboxylic acids is 2. The average Bonchev–Trinajstić information content (AvgIpc) is 3.19. The normalized spacial score (nSPS) is 11.4. The lowest BCUT2D eigenvalue weighted by atomic mass is 10.0. The molecule has 2 aromatic carbocycles. The summed E-state index contributed by atoms with van der Waals surface area (Å²) >= 11 is 6.50. The molecule has 33 heavy (non-hydrogen) atoms. The van der Waals surface area contributed by atoms with Gasteiger partial charge < -0.3 is 15.0 Å². The van der Waals surface area contributed by atoms with Gasteiger partial charge in [0.1, 0.15) is 17.8 Å². The molecule has 0 aliphatic carbocycles. The molecule has 7 heteroatoms. The summed E-state index contributed by atoms with van der Waals surface area (Å²) in [6, 6.07) is 21.5. The molecule has 0 aliphatic rings. The van der Waals surface area contributed by atoms with Gasteiger partial charge in [-0.1, -0.05) is 66.2 Å². The Bertz CT molecular complexity index is 1310. The first kappa shape index (κ1) is 22.6. The molecule has 0 saturated carbocycles. The van der Waals surface area contributed by atoms with Crippen LogP contribution in [-0.2, 0) is 9.53 Å². The van der Waals surface area contributed by atoms with Crippen molar-refractivity contribution in [1.29, 1.82) is 0 Å². The van der Waals surface area contributed by atoms with Crippen molar-refractivity contribution < 1.29 is 14.3 Å². The number of rotatable bonds is 5. The Kier molecular flexibility index (Phi) is 6.20. The first-order chi connectivity index (χ1) is 15.7. The Hall–Kier alpha value is -3.64. The Morgan fingerprint density at radius 1 is 0.970 bits per heavy atom. The zero-order valence-electron chi connectivity index (χ0n) is 18.6. The predicted molar refractivity (Wildman–Crippen MR) is 130 cm³/mol. The highest BCUT2D eigenvalue weighted by atomic mass is 35.5. The van der Waals surface area contributed by atoms with Gasteiger partial charge in [0, 0.05) is 5.56 Å². The maximum atomic E-state index is 12.5. The number of nitrogens with zero attached hydrogens (tertiary/aromatic N) is 1. The number of hydrogen-bond donors (Lipinski definition) is 2. The van der Waals surface area contributed by atoms with E-state index in [4.69, 9.17) is 16.3 Å². The van der Waals surface area contributed by atoms with Gasteiger partial charge in [0.15, 0.2) is 0 Å². The van der Waals surface area contributed by atoms with Gasteiger partial charge >= 0.3 is 5.97 Å². The first-order valence-electron chi connectivity index (χ1n) is 10.5. The summed E-state index contributed by atoms with van der Waals surface area (Å²) < 4.78 is 5.21. The lowest BCUT2D eigenvalue weighted by Gasteiger charge is -2.19. The molecule has 168 valence electrons. The van der Waals surface area contributed by atoms with Gasteiger partial charge in [0.2, 0.25) is 0 Å². The SMILES string of the molecule is CC(C)(C)OC(=O)CNC(=O)c1cc2nc(-c3ccc(-c4ccccc4)cc3)c(Cl)cc2[nH]1. The highest BCUT2D eigenvalue weighted by molar-refractivity contribution is 6.33. The first-order valence-corrected chi connectivity index (χ1v) is 10.9. The van der Waals surface area contributed by atoms with Crippen LogP contribution in [0.3, 0.4) is 0 Å². The number of halogens is 1. The standard InChI is InChI=1S/C26H24ClN3O3/c1-26(2,3)33-23(31)15-28-25(32)22-14-21-20(29-22)13-19(27)24(30-21)18-11-9-17(10-12-18)16-7-5-4-6-8-16/h4-14,29H,15H2,1-3H3,(H,28,32). The van der Waals surface area contributed by atoms with Crippen LogP contribution in [-0.4, -0.2) is 34.0 Å². The third-order valence-corrected chi connectivity index (χ3v) is 5.17. The maximum Gasteiger partial charge on any atom is 0.325 e. The van der Waals surface area contributed by atoms with Gasteiger partial charge in [-0.2, -0.15) is 0 Å². The summed E-state index contributed by atoms with van der Waals surface area (Å²) in [7, 11) is 0. The number of H-pyrrole nitrogens is 1. The predicted octanol–water partition coefficient (Wildman–Crippen LogP) is 5.62. The fourth-order valence-electron chi connectivity index (χ4n) is 3.43. The quantitative estimate of drug-likeness (QED) is 0.378. The number of aromatic nitrogens is 2. The van der Waals surface area contributed by atoms with Crippen LogP contribution in [0.25, 0.3) is 33.4 Å². The van der Waals surface area contributed by atoms with Crippen molar-refractivity contribution in [2.75, 3.05) is 6.54 Å². The van der Waals surface area contributed by atoms with Crippen LogP contribution in [0.15, 0.2) is 66.7 Å². The van der Waals surface area contributed by atoms with Crippen LogP contribution < -0.4 is 5.32 Å². The maximum absolute atomic E-state index is 12.5. The molecule has 0 atom stereocenters. The minimum atomic E-state index is -0.612. The minimum absolute atomic E-state index is 0.224. The molecular formula is C26H24ClN3O3. The van der Waals surface area contributed by atoms with E-state index in [2.05, 4.69) is 27.4 Å². The zero-order chi connectivity index (χ0) is 23.6. The number of ether oxygens (including phenoxy) is 1. The van der Waals surface area contributed by atoms with Crippen molar-refractivity contribution in [2.45, 2.75) is 26.4 Å². The van der Waals surface area contributed by atoms with Crippen LogP contribution in [0.4, 0.5) is 0 Å². The Labute approximate surface area is 197 Å². The van der Waals surface area contributed by atoms with Crippen molar-refractivity contribution >= 4 is 34.5 Å². The zero-order valence-corrected chi connectivity index (χ0v) is 19.4. The summed E-state index contributed by atoms with van der Waals surface area (Å²) in [4.78, 5) is 32.0. The van der Waals surface area contributed by atoms with Gasteiger partial charge in [-0.3, -0.25) is 9.59 Å². The number of carbonyl (C=O) groups is 2. The second-order valence-electron chi connectivity index (χ2n) is 8.65. The van der Waals surface area contributed by atoms with E-state index in [1.54, 1.807) is 32.9 Å². The summed E-state index contributed by atoms with van der Waals surface area (Å²) in [5, 5.41) is 3.03. The molecule has 2 heterocycles. The van der Waals surface area contributed by atoms with E-state index in [9.17, 15) is 9.59 Å². The van der Waals surface area contributed by atoms with Crippen LogP contribution >= 0.6 is 11.6 Å². The third-order valence-electron chi connectivity index (χ3n) is 4.88. The monoisotopic (exact) mass is 461 g/mol. The van der Waals surface area contributed by atoms with Crippen molar-refractivity contribution in [1.82, 2.24) is 15.3 Å². The Balaban J connectivity index is 1.53. The molecule has 2 aromatic heterocycles. The number of fused-ring (bicyclic) bond motifs is 1. The van der Waals surface area contributed by atoms with E-state index in [0.29, 0.717) is 21.7 Å². The molecular weight excluding hydrogens is 438 g/mol. The number of amides is 1. The summed E-state index contributed by atoms with van der Waals surface area (Å²) in [6.07, 6.45) is 0. The fourth-order valence-corrected chi connectivity index (χ4v) is 3.69. The molecule has 4 rings (SSSR count). The molecule has 0 fully saturated rings. The van der Waals surface area contributed by atoms with E-state index in [-0.39, 0.29) is 12.2 Å². The van der Waals surface area contributed by atoms with Crippen molar-refractivity contribution in [3.05, 3.63) is 77.4 Å². The number of hydrogen-bond acceptors (Lipinski definition) is 4. The van der Waals surface area contributed by atoms with Gasteiger partial charge in [-0.05, 0) is 44.0 Å². The highest BCUT2D eigenvalue weighted by Crippen LogP contribution is 2.31. The fraction of sp³-hybridized carbons (Fsp3) is 0.192. The molecule has 1 amide bonds. The number of esters is 1. The molecule has 0 saturated heterocycles. The molecule has 0 unspecified atom stereocenters. The second-order valence-corrected chi connectivity index (χ2v) is 9.05. The molecule has 4 aromatic rings. The second kappa shape index (κ2) is 9.08. The van der Waals surface area contributed by atoms with Gasteiger partial charge in [0.25, 0.3) is 5.91 Å². The molecule has 0 bridgehead atoms. The number of aromatic amines is 1. The van der Waals surface area contributed by atoms with Crippen LogP contribution in [0, 0.1) is 0 Å². The highest BCUT2D eigenvalue weighted by Gasteiger charge is 2.18. The van der Waals surface area contributed by atoms with Crippen molar-refractivity contribution in [3.63, 3.8) is 0 Å². The van der Waals surface area contributed by atoms with E-state index < -0.39 is 17.5 Å².